The number of hydrogen-bond donors (Lipinski definition) is 1. The lowest BCUT2D eigenvalue weighted by Crippen LogP contribution is -2.44. The average Bonchev–Trinajstić information content (AvgIpc) is 2.76. The Bertz CT molecular complexity index is 525. The number of thiophene rings is 1. The highest BCUT2D eigenvalue weighted by Crippen LogP contribution is 2.51. The zero-order valence-corrected chi connectivity index (χ0v) is 11.5. The quantitative estimate of drug-likeness (QED) is 0.877. The third-order valence-electron chi connectivity index (χ3n) is 4.30. The molecule has 1 aromatic heterocycles. The molecule has 1 aliphatic rings. The molecule has 1 heterocycles. The van der Waals surface area contributed by atoms with Crippen molar-refractivity contribution in [2.45, 2.75) is 37.6 Å². The summed E-state index contributed by atoms with van der Waals surface area (Å²) in [6, 6.07) is 13.2. The fourth-order valence-corrected chi connectivity index (χ4v) is 3.79. The smallest absolute Gasteiger partial charge is 0.0401 e. The molecule has 0 amide bonds. The molecule has 1 aromatic carbocycles. The summed E-state index contributed by atoms with van der Waals surface area (Å²) >= 11 is 1.80. The molecule has 2 aromatic rings. The molecule has 2 heteroatoms. The Morgan fingerprint density at radius 1 is 1.22 bits per heavy atom. The molecular formula is C16H19NS. The molecule has 1 unspecified atom stereocenters. The summed E-state index contributed by atoms with van der Waals surface area (Å²) < 4.78 is 0. The van der Waals surface area contributed by atoms with Crippen LogP contribution in [0.15, 0.2) is 41.8 Å². The van der Waals surface area contributed by atoms with Crippen LogP contribution in [0.3, 0.4) is 0 Å². The topological polar surface area (TPSA) is 26.0 Å². The fraction of sp³-hybridized carbons (Fsp3) is 0.375. The minimum absolute atomic E-state index is 0.138. The number of aryl methyl sites for hydroxylation is 1. The third-order valence-corrected chi connectivity index (χ3v) is 5.18. The lowest BCUT2D eigenvalue weighted by molar-refractivity contribution is 0.197. The van der Waals surface area contributed by atoms with Gasteiger partial charge in [-0.15, -0.1) is 11.3 Å². The van der Waals surface area contributed by atoms with E-state index in [9.17, 15) is 0 Å². The van der Waals surface area contributed by atoms with Gasteiger partial charge in [-0.1, -0.05) is 36.8 Å². The van der Waals surface area contributed by atoms with E-state index in [0.29, 0.717) is 0 Å². The van der Waals surface area contributed by atoms with Crippen molar-refractivity contribution in [2.24, 2.45) is 5.73 Å². The van der Waals surface area contributed by atoms with E-state index in [0.717, 1.165) is 0 Å². The molecule has 2 N–H and O–H groups in total. The van der Waals surface area contributed by atoms with Gasteiger partial charge in [-0.2, -0.15) is 0 Å². The van der Waals surface area contributed by atoms with E-state index in [1.165, 1.54) is 35.3 Å². The second-order valence-electron chi connectivity index (χ2n) is 5.34. The fourth-order valence-electron chi connectivity index (χ4n) is 3.05. The maximum absolute atomic E-state index is 6.59. The number of hydrogen-bond acceptors (Lipinski definition) is 2. The van der Waals surface area contributed by atoms with E-state index in [-0.39, 0.29) is 11.5 Å². The number of nitrogens with two attached hydrogens (primary N) is 1. The summed E-state index contributed by atoms with van der Waals surface area (Å²) in [5.74, 6) is 0. The summed E-state index contributed by atoms with van der Waals surface area (Å²) in [5, 5.41) is 2.23. The Morgan fingerprint density at radius 2 is 1.94 bits per heavy atom. The molecular weight excluding hydrogens is 238 g/mol. The molecule has 1 saturated carbocycles. The van der Waals surface area contributed by atoms with Crippen molar-refractivity contribution in [3.63, 3.8) is 0 Å². The molecule has 1 aliphatic carbocycles. The standard InChI is InChI=1S/C16H19NS/c1-12-10-13(11-18-12)15(17)16(8-5-9-16)14-6-3-2-4-7-14/h2-4,6-7,10-11,15H,5,8-9,17H2,1H3. The van der Waals surface area contributed by atoms with Crippen LogP contribution in [-0.4, -0.2) is 0 Å². The third kappa shape index (κ3) is 1.80. The predicted octanol–water partition coefficient (Wildman–Crippen LogP) is 4.18. The minimum Gasteiger partial charge on any atom is -0.323 e. The maximum Gasteiger partial charge on any atom is 0.0401 e. The second-order valence-corrected chi connectivity index (χ2v) is 6.46. The zero-order valence-electron chi connectivity index (χ0n) is 10.7. The number of benzene rings is 1. The van der Waals surface area contributed by atoms with Crippen molar-refractivity contribution >= 4 is 11.3 Å². The summed E-state index contributed by atoms with van der Waals surface area (Å²) in [6.45, 7) is 2.15. The van der Waals surface area contributed by atoms with Crippen LogP contribution in [0, 0.1) is 6.92 Å². The van der Waals surface area contributed by atoms with Gasteiger partial charge in [0.25, 0.3) is 0 Å². The van der Waals surface area contributed by atoms with E-state index in [1.54, 1.807) is 11.3 Å². The molecule has 1 nitrogen and oxygen atoms in total. The Balaban J connectivity index is 1.97. The van der Waals surface area contributed by atoms with Crippen molar-refractivity contribution in [1.29, 1.82) is 0 Å². The van der Waals surface area contributed by atoms with E-state index >= 15 is 0 Å². The minimum atomic E-state index is 0.138. The molecule has 0 saturated heterocycles. The molecule has 18 heavy (non-hydrogen) atoms. The highest BCUT2D eigenvalue weighted by Gasteiger charge is 2.44. The van der Waals surface area contributed by atoms with Gasteiger partial charge in [0.2, 0.25) is 0 Å². The van der Waals surface area contributed by atoms with Gasteiger partial charge in [0.15, 0.2) is 0 Å². The van der Waals surface area contributed by atoms with Gasteiger partial charge >= 0.3 is 0 Å². The Labute approximate surface area is 113 Å². The van der Waals surface area contributed by atoms with Crippen LogP contribution >= 0.6 is 11.3 Å². The predicted molar refractivity (Wildman–Crippen MR) is 78.0 cm³/mol. The van der Waals surface area contributed by atoms with E-state index in [1.807, 2.05) is 0 Å². The van der Waals surface area contributed by atoms with E-state index < -0.39 is 0 Å². The van der Waals surface area contributed by atoms with Crippen molar-refractivity contribution in [3.05, 3.63) is 57.8 Å². The normalized spacial score (nSPS) is 19.2. The van der Waals surface area contributed by atoms with Crippen LogP contribution in [-0.2, 0) is 5.41 Å². The first-order valence-corrected chi connectivity index (χ1v) is 7.46. The molecule has 1 atom stereocenters. The summed E-state index contributed by atoms with van der Waals surface area (Å²) in [7, 11) is 0. The largest absolute Gasteiger partial charge is 0.323 e. The molecule has 0 spiro atoms. The van der Waals surface area contributed by atoms with Crippen molar-refractivity contribution in [3.8, 4) is 0 Å². The first-order chi connectivity index (χ1) is 8.72. The second kappa shape index (κ2) is 4.52. The SMILES string of the molecule is Cc1cc(C(N)C2(c3ccccc3)CCC2)cs1. The first-order valence-electron chi connectivity index (χ1n) is 6.58. The van der Waals surface area contributed by atoms with Gasteiger partial charge < -0.3 is 5.73 Å². The van der Waals surface area contributed by atoms with E-state index in [2.05, 4.69) is 48.7 Å². The van der Waals surface area contributed by atoms with Gasteiger partial charge in [0.1, 0.15) is 0 Å². The van der Waals surface area contributed by atoms with Gasteiger partial charge in [0, 0.05) is 16.3 Å². The molecule has 0 aliphatic heterocycles. The van der Waals surface area contributed by atoms with Crippen molar-refractivity contribution < 1.29 is 0 Å². The van der Waals surface area contributed by atoms with Crippen LogP contribution in [0.2, 0.25) is 0 Å². The van der Waals surface area contributed by atoms with Crippen LogP contribution in [0.4, 0.5) is 0 Å². The Morgan fingerprint density at radius 3 is 2.44 bits per heavy atom. The van der Waals surface area contributed by atoms with Gasteiger partial charge in [0.05, 0.1) is 0 Å². The van der Waals surface area contributed by atoms with Crippen LogP contribution in [0.1, 0.15) is 41.3 Å². The monoisotopic (exact) mass is 257 g/mol. The zero-order chi connectivity index (χ0) is 12.6. The van der Waals surface area contributed by atoms with Gasteiger partial charge in [-0.3, -0.25) is 0 Å². The molecule has 94 valence electrons. The Kier molecular flexibility index (Phi) is 3.00. The Hall–Kier alpha value is -1.12. The lowest BCUT2D eigenvalue weighted by Gasteiger charge is -2.47. The van der Waals surface area contributed by atoms with Gasteiger partial charge in [-0.05, 0) is 42.3 Å². The average molecular weight is 257 g/mol. The van der Waals surface area contributed by atoms with Crippen LogP contribution < -0.4 is 5.73 Å². The van der Waals surface area contributed by atoms with E-state index in [4.69, 9.17) is 5.73 Å². The highest BCUT2D eigenvalue weighted by molar-refractivity contribution is 7.10. The summed E-state index contributed by atoms with van der Waals surface area (Å²) in [5.41, 5.74) is 9.48. The first kappa shape index (κ1) is 11.9. The van der Waals surface area contributed by atoms with Crippen LogP contribution in [0.5, 0.6) is 0 Å². The van der Waals surface area contributed by atoms with Crippen LogP contribution in [0.25, 0.3) is 0 Å². The summed E-state index contributed by atoms with van der Waals surface area (Å²) in [4.78, 5) is 1.35. The van der Waals surface area contributed by atoms with Crippen molar-refractivity contribution in [1.82, 2.24) is 0 Å². The van der Waals surface area contributed by atoms with Crippen molar-refractivity contribution in [2.75, 3.05) is 0 Å². The lowest BCUT2D eigenvalue weighted by atomic mass is 9.59. The molecule has 0 radical (unpaired) electrons. The van der Waals surface area contributed by atoms with Gasteiger partial charge in [-0.25, -0.2) is 0 Å². The number of rotatable bonds is 3. The highest BCUT2D eigenvalue weighted by atomic mass is 32.1. The maximum atomic E-state index is 6.59. The molecule has 3 rings (SSSR count). The molecule has 0 bridgehead atoms. The molecule has 1 fully saturated rings. The summed E-state index contributed by atoms with van der Waals surface area (Å²) in [6.07, 6.45) is 3.73.